The summed E-state index contributed by atoms with van der Waals surface area (Å²) in [5.74, 6) is -0.300. The molecule has 0 aromatic heterocycles. The van der Waals surface area contributed by atoms with Gasteiger partial charge in [-0.1, -0.05) is 30.3 Å². The van der Waals surface area contributed by atoms with Gasteiger partial charge in [-0.3, -0.25) is 10.1 Å². The molecule has 6 heteroatoms. The Morgan fingerprint density at radius 3 is 2.77 bits per heavy atom. The second-order valence-electron chi connectivity index (χ2n) is 5.56. The van der Waals surface area contributed by atoms with Crippen molar-refractivity contribution < 1.29 is 14.7 Å². The van der Waals surface area contributed by atoms with Crippen LogP contribution in [0.4, 0.5) is 4.79 Å². The molecule has 1 aromatic carbocycles. The molecule has 1 fully saturated rings. The third kappa shape index (κ3) is 5.83. The zero-order valence-corrected chi connectivity index (χ0v) is 12.6. The summed E-state index contributed by atoms with van der Waals surface area (Å²) in [7, 11) is 0. The van der Waals surface area contributed by atoms with E-state index in [0.717, 1.165) is 24.9 Å². The van der Waals surface area contributed by atoms with Crippen molar-refractivity contribution in [2.24, 2.45) is 0 Å². The van der Waals surface area contributed by atoms with Gasteiger partial charge in [0.1, 0.15) is 0 Å². The van der Waals surface area contributed by atoms with E-state index in [1.807, 2.05) is 30.3 Å². The summed E-state index contributed by atoms with van der Waals surface area (Å²) in [6.07, 6.45) is 1.72. The van der Waals surface area contributed by atoms with Gasteiger partial charge in [0.25, 0.3) is 0 Å². The zero-order chi connectivity index (χ0) is 15.8. The number of nitrogens with zero attached hydrogens (tertiary/aromatic N) is 1. The maximum atomic E-state index is 11.7. The number of amides is 3. The number of aliphatic hydroxyl groups excluding tert-OH is 1. The van der Waals surface area contributed by atoms with Gasteiger partial charge in [0, 0.05) is 26.1 Å². The van der Waals surface area contributed by atoms with E-state index in [-0.39, 0.29) is 18.4 Å². The first kappa shape index (κ1) is 16.5. The van der Waals surface area contributed by atoms with E-state index in [1.165, 1.54) is 0 Å². The van der Waals surface area contributed by atoms with Crippen LogP contribution >= 0.6 is 0 Å². The number of rotatable bonds is 5. The van der Waals surface area contributed by atoms with Crippen LogP contribution in [0.25, 0.3) is 0 Å². The van der Waals surface area contributed by atoms with Gasteiger partial charge >= 0.3 is 6.03 Å². The molecule has 0 spiro atoms. The lowest BCUT2D eigenvalue weighted by Gasteiger charge is -2.29. The number of carbonyl (C=O) groups excluding carboxylic acids is 2. The van der Waals surface area contributed by atoms with Gasteiger partial charge in [0.2, 0.25) is 5.91 Å². The minimum Gasteiger partial charge on any atom is -0.392 e. The topological polar surface area (TPSA) is 81.7 Å². The highest BCUT2D eigenvalue weighted by Crippen LogP contribution is 2.09. The molecule has 1 saturated heterocycles. The monoisotopic (exact) mass is 305 g/mol. The van der Waals surface area contributed by atoms with Gasteiger partial charge in [0.15, 0.2) is 0 Å². The van der Waals surface area contributed by atoms with E-state index in [1.54, 1.807) is 0 Å². The van der Waals surface area contributed by atoms with Crippen LogP contribution in [0.5, 0.6) is 0 Å². The molecule has 1 atom stereocenters. The SMILES string of the molecule is O=C(CCN1CCC[C@H](O)C1)NC(=O)NCc1ccccc1. The second kappa shape index (κ2) is 8.51. The number of imide groups is 1. The first-order chi connectivity index (χ1) is 10.6. The molecule has 1 aliphatic heterocycles. The molecular formula is C16H23N3O3. The van der Waals surface area contributed by atoms with Crippen LogP contribution in [-0.2, 0) is 11.3 Å². The lowest BCUT2D eigenvalue weighted by Crippen LogP contribution is -2.42. The Morgan fingerprint density at radius 2 is 2.05 bits per heavy atom. The van der Waals surface area contributed by atoms with E-state index in [9.17, 15) is 14.7 Å². The Hall–Kier alpha value is -1.92. The number of piperidine rings is 1. The smallest absolute Gasteiger partial charge is 0.321 e. The van der Waals surface area contributed by atoms with Crippen LogP contribution in [-0.4, -0.2) is 47.7 Å². The molecule has 1 heterocycles. The van der Waals surface area contributed by atoms with Crippen molar-refractivity contribution >= 4 is 11.9 Å². The molecule has 3 amide bonds. The Kier molecular flexibility index (Phi) is 6.36. The molecule has 3 N–H and O–H groups in total. The molecule has 120 valence electrons. The van der Waals surface area contributed by atoms with Crippen molar-refractivity contribution in [2.75, 3.05) is 19.6 Å². The fraction of sp³-hybridized carbons (Fsp3) is 0.500. The van der Waals surface area contributed by atoms with E-state index >= 15 is 0 Å². The van der Waals surface area contributed by atoms with E-state index < -0.39 is 6.03 Å². The number of urea groups is 1. The maximum Gasteiger partial charge on any atom is 0.321 e. The molecule has 6 nitrogen and oxygen atoms in total. The summed E-state index contributed by atoms with van der Waals surface area (Å²) >= 11 is 0. The number of carbonyl (C=O) groups is 2. The van der Waals surface area contributed by atoms with Crippen LogP contribution in [0.15, 0.2) is 30.3 Å². The standard InChI is InChI=1S/C16H23N3O3/c20-14-7-4-9-19(12-14)10-8-15(21)18-16(22)17-11-13-5-2-1-3-6-13/h1-3,5-6,14,20H,4,7-12H2,(H2,17,18,21,22)/t14-/m0/s1. The Balaban J connectivity index is 1.62. The predicted octanol–water partition coefficient (Wildman–Crippen LogP) is 0.859. The van der Waals surface area contributed by atoms with Gasteiger partial charge in [-0.05, 0) is 24.9 Å². The third-order valence-corrected chi connectivity index (χ3v) is 3.68. The van der Waals surface area contributed by atoms with Crippen molar-refractivity contribution in [1.82, 2.24) is 15.5 Å². The average molecular weight is 305 g/mol. The Morgan fingerprint density at radius 1 is 1.27 bits per heavy atom. The number of β-amino-alcohol motifs (C(OH)–C–C–N with tert-alkyl or cyclic N) is 1. The number of hydrogen-bond acceptors (Lipinski definition) is 4. The highest BCUT2D eigenvalue weighted by molar-refractivity contribution is 5.94. The van der Waals surface area contributed by atoms with E-state index in [0.29, 0.717) is 19.6 Å². The second-order valence-corrected chi connectivity index (χ2v) is 5.56. The number of hydrogen-bond donors (Lipinski definition) is 3. The normalized spacial score (nSPS) is 18.7. The molecule has 0 saturated carbocycles. The molecule has 0 radical (unpaired) electrons. The first-order valence-electron chi connectivity index (χ1n) is 7.65. The minimum atomic E-state index is -0.479. The summed E-state index contributed by atoms with van der Waals surface area (Å²) in [6.45, 7) is 2.45. The molecule has 2 rings (SSSR count). The Bertz CT molecular complexity index is 493. The summed E-state index contributed by atoms with van der Waals surface area (Å²) < 4.78 is 0. The van der Waals surface area contributed by atoms with Gasteiger partial charge < -0.3 is 15.3 Å². The lowest BCUT2D eigenvalue weighted by molar-refractivity contribution is -0.120. The van der Waals surface area contributed by atoms with Crippen molar-refractivity contribution in [1.29, 1.82) is 0 Å². The molecule has 0 unspecified atom stereocenters. The summed E-state index contributed by atoms with van der Waals surface area (Å²) in [6, 6.07) is 9.03. The number of aliphatic hydroxyl groups is 1. The van der Waals surface area contributed by atoms with E-state index in [2.05, 4.69) is 15.5 Å². The molecular weight excluding hydrogens is 282 g/mol. The summed E-state index contributed by atoms with van der Waals surface area (Å²) in [5.41, 5.74) is 0.979. The van der Waals surface area contributed by atoms with Crippen molar-refractivity contribution in [2.45, 2.75) is 31.9 Å². The van der Waals surface area contributed by atoms with Gasteiger partial charge in [-0.15, -0.1) is 0 Å². The van der Waals surface area contributed by atoms with Crippen LogP contribution in [0.1, 0.15) is 24.8 Å². The summed E-state index contributed by atoms with van der Waals surface area (Å²) in [5, 5.41) is 14.5. The van der Waals surface area contributed by atoms with Crippen molar-refractivity contribution in [3.05, 3.63) is 35.9 Å². The van der Waals surface area contributed by atoms with Crippen LogP contribution in [0.2, 0.25) is 0 Å². The van der Waals surface area contributed by atoms with Crippen LogP contribution in [0.3, 0.4) is 0 Å². The fourth-order valence-corrected chi connectivity index (χ4v) is 2.51. The molecule has 1 aliphatic rings. The third-order valence-electron chi connectivity index (χ3n) is 3.68. The average Bonchev–Trinajstić information content (AvgIpc) is 2.52. The predicted molar refractivity (Wildman–Crippen MR) is 83.1 cm³/mol. The summed E-state index contributed by atoms with van der Waals surface area (Å²) in [4.78, 5) is 25.4. The van der Waals surface area contributed by atoms with Gasteiger partial charge in [0.05, 0.1) is 6.10 Å². The van der Waals surface area contributed by atoms with Crippen LogP contribution < -0.4 is 10.6 Å². The number of benzene rings is 1. The fourth-order valence-electron chi connectivity index (χ4n) is 2.51. The highest BCUT2D eigenvalue weighted by Gasteiger charge is 2.18. The zero-order valence-electron chi connectivity index (χ0n) is 12.6. The molecule has 22 heavy (non-hydrogen) atoms. The quantitative estimate of drug-likeness (QED) is 0.753. The first-order valence-corrected chi connectivity index (χ1v) is 7.65. The van der Waals surface area contributed by atoms with Gasteiger partial charge in [-0.2, -0.15) is 0 Å². The molecule has 1 aromatic rings. The van der Waals surface area contributed by atoms with Crippen LogP contribution in [0, 0.1) is 0 Å². The highest BCUT2D eigenvalue weighted by atomic mass is 16.3. The minimum absolute atomic E-state index is 0.255. The van der Waals surface area contributed by atoms with Gasteiger partial charge in [-0.25, -0.2) is 4.79 Å². The number of nitrogens with one attached hydrogen (secondary N) is 2. The Labute approximate surface area is 130 Å². The maximum absolute atomic E-state index is 11.7. The lowest BCUT2D eigenvalue weighted by atomic mass is 10.1. The molecule has 0 bridgehead atoms. The molecule has 0 aliphatic carbocycles. The van der Waals surface area contributed by atoms with E-state index in [4.69, 9.17) is 0 Å². The van der Waals surface area contributed by atoms with Crippen molar-refractivity contribution in [3.63, 3.8) is 0 Å². The largest absolute Gasteiger partial charge is 0.392 e. The number of likely N-dealkylation sites (tertiary alicyclic amines) is 1. The van der Waals surface area contributed by atoms with Crippen molar-refractivity contribution in [3.8, 4) is 0 Å².